The van der Waals surface area contributed by atoms with Crippen molar-refractivity contribution in [1.82, 2.24) is 4.98 Å². The lowest BCUT2D eigenvalue weighted by Gasteiger charge is -2.18. The van der Waals surface area contributed by atoms with E-state index in [-0.39, 0.29) is 12.9 Å². The summed E-state index contributed by atoms with van der Waals surface area (Å²) in [4.78, 5) is 4.06. The Labute approximate surface area is 73.9 Å². The van der Waals surface area contributed by atoms with Crippen LogP contribution in [0.4, 0.5) is 0 Å². The number of hydrogen-bond acceptors (Lipinski definition) is 2. The van der Waals surface area contributed by atoms with Crippen molar-refractivity contribution in [3.05, 3.63) is 24.0 Å². The van der Waals surface area contributed by atoms with Gasteiger partial charge in [-0.2, -0.15) is 0 Å². The Hall–Kier alpha value is -0.825. The van der Waals surface area contributed by atoms with Crippen molar-refractivity contribution >= 4 is 12.9 Å². The first-order valence-electron chi connectivity index (χ1n) is 4.09. The van der Waals surface area contributed by atoms with Crippen LogP contribution in [0.1, 0.15) is 26.3 Å². The van der Waals surface area contributed by atoms with Crippen LogP contribution in [0.5, 0.6) is 0 Å². The molecule has 0 saturated heterocycles. The van der Waals surface area contributed by atoms with Gasteiger partial charge in [0.05, 0.1) is 0 Å². The van der Waals surface area contributed by atoms with E-state index < -0.39 is 0 Å². The molecule has 1 aromatic rings. The molecule has 0 saturated carbocycles. The van der Waals surface area contributed by atoms with Gasteiger partial charge in [-0.15, -0.1) is 0 Å². The van der Waals surface area contributed by atoms with Crippen molar-refractivity contribution in [2.75, 3.05) is 0 Å². The van der Waals surface area contributed by atoms with Crippen LogP contribution >= 0.6 is 0 Å². The van der Waals surface area contributed by atoms with Gasteiger partial charge < -0.3 is 5.02 Å². The fourth-order valence-corrected chi connectivity index (χ4v) is 0.984. The zero-order valence-corrected chi connectivity index (χ0v) is 7.83. The number of rotatable bonds is 1. The smallest absolute Gasteiger partial charge is 0.306 e. The molecule has 0 bridgehead atoms. The minimum atomic E-state index is 0.0664. The first kappa shape index (κ1) is 9.26. The van der Waals surface area contributed by atoms with E-state index in [1.807, 2.05) is 12.3 Å². The van der Waals surface area contributed by atoms with Crippen molar-refractivity contribution in [2.24, 2.45) is 0 Å². The third-order valence-electron chi connectivity index (χ3n) is 1.84. The molecule has 1 aromatic heterocycles. The Bertz CT molecular complexity index is 267. The molecule has 0 aliphatic rings. The van der Waals surface area contributed by atoms with E-state index in [2.05, 4.69) is 25.8 Å². The molecular formula is C9H14BNO. The van der Waals surface area contributed by atoms with Gasteiger partial charge in [0, 0.05) is 12.4 Å². The molecule has 0 spiro atoms. The first-order valence-corrected chi connectivity index (χ1v) is 4.09. The highest BCUT2D eigenvalue weighted by Crippen LogP contribution is 2.19. The van der Waals surface area contributed by atoms with Crippen LogP contribution in [0.2, 0.25) is 0 Å². The zero-order valence-electron chi connectivity index (χ0n) is 7.83. The Morgan fingerprint density at radius 3 is 2.50 bits per heavy atom. The van der Waals surface area contributed by atoms with Crippen LogP contribution in [0.15, 0.2) is 18.5 Å². The summed E-state index contributed by atoms with van der Waals surface area (Å²) in [5, 5.41) is 8.89. The molecule has 0 aliphatic heterocycles. The minimum absolute atomic E-state index is 0.0664. The number of aromatic nitrogens is 1. The van der Waals surface area contributed by atoms with Gasteiger partial charge in [0.2, 0.25) is 0 Å². The van der Waals surface area contributed by atoms with E-state index >= 15 is 0 Å². The van der Waals surface area contributed by atoms with Crippen molar-refractivity contribution in [3.63, 3.8) is 0 Å². The Morgan fingerprint density at radius 2 is 2.00 bits per heavy atom. The fraction of sp³-hybridized carbons (Fsp3) is 0.444. The topological polar surface area (TPSA) is 33.1 Å². The van der Waals surface area contributed by atoms with Crippen LogP contribution in [0, 0.1) is 0 Å². The maximum atomic E-state index is 8.89. The van der Waals surface area contributed by atoms with Crippen molar-refractivity contribution < 1.29 is 5.02 Å². The van der Waals surface area contributed by atoms with E-state index in [4.69, 9.17) is 5.02 Å². The lowest BCUT2D eigenvalue weighted by molar-refractivity contribution is 0.587. The summed E-state index contributed by atoms with van der Waals surface area (Å²) in [6.45, 7) is 6.39. The van der Waals surface area contributed by atoms with Gasteiger partial charge in [-0.25, -0.2) is 0 Å². The summed E-state index contributed by atoms with van der Waals surface area (Å²) in [6, 6.07) is 1.99. The van der Waals surface area contributed by atoms with Crippen LogP contribution in [-0.2, 0) is 5.41 Å². The molecule has 1 N–H and O–H groups in total. The highest BCUT2D eigenvalue weighted by Gasteiger charge is 2.13. The van der Waals surface area contributed by atoms with Crippen LogP contribution in [0.25, 0.3) is 0 Å². The van der Waals surface area contributed by atoms with Gasteiger partial charge in [-0.3, -0.25) is 4.98 Å². The standard InChI is InChI=1S/C9H14BNO/c1-9(2,3)7-4-8(10-12)6-11-5-7/h4-6,10,12H,1-3H3. The highest BCUT2D eigenvalue weighted by atomic mass is 16.2. The lowest BCUT2D eigenvalue weighted by atomic mass is 9.83. The Morgan fingerprint density at radius 1 is 1.33 bits per heavy atom. The second-order valence-electron chi connectivity index (χ2n) is 3.99. The molecule has 1 rings (SSSR count). The second kappa shape index (κ2) is 3.27. The molecule has 2 nitrogen and oxygen atoms in total. The van der Waals surface area contributed by atoms with Crippen LogP contribution in [-0.4, -0.2) is 17.5 Å². The van der Waals surface area contributed by atoms with Gasteiger partial charge >= 0.3 is 7.48 Å². The maximum Gasteiger partial charge on any atom is 0.306 e. The van der Waals surface area contributed by atoms with Crippen molar-refractivity contribution in [2.45, 2.75) is 26.2 Å². The number of pyridine rings is 1. The highest BCUT2D eigenvalue weighted by molar-refractivity contribution is 6.45. The normalized spacial score (nSPS) is 11.3. The van der Waals surface area contributed by atoms with Gasteiger partial charge in [-0.05, 0) is 16.4 Å². The van der Waals surface area contributed by atoms with Gasteiger partial charge in [-0.1, -0.05) is 26.8 Å². The monoisotopic (exact) mass is 163 g/mol. The van der Waals surface area contributed by atoms with Gasteiger partial charge in [0.25, 0.3) is 0 Å². The summed E-state index contributed by atoms with van der Waals surface area (Å²) in [6.07, 6.45) is 3.54. The molecule has 0 radical (unpaired) electrons. The molecule has 0 atom stereocenters. The van der Waals surface area contributed by atoms with Gasteiger partial charge in [0.15, 0.2) is 0 Å². The molecule has 0 aromatic carbocycles. The predicted molar refractivity (Wildman–Crippen MR) is 51.9 cm³/mol. The van der Waals surface area contributed by atoms with Crippen LogP contribution in [0.3, 0.4) is 0 Å². The minimum Gasteiger partial charge on any atom is -0.449 e. The van der Waals surface area contributed by atoms with Crippen LogP contribution < -0.4 is 5.46 Å². The van der Waals surface area contributed by atoms with E-state index in [0.29, 0.717) is 0 Å². The summed E-state index contributed by atoms with van der Waals surface area (Å²) >= 11 is 0. The molecule has 0 amide bonds. The van der Waals surface area contributed by atoms with Crippen molar-refractivity contribution in [3.8, 4) is 0 Å². The SMILES string of the molecule is CC(C)(C)c1cncc(BO)c1. The molecule has 0 fully saturated rings. The summed E-state index contributed by atoms with van der Waals surface area (Å²) in [7, 11) is 0.0664. The molecule has 1 heterocycles. The second-order valence-corrected chi connectivity index (χ2v) is 3.99. The fourth-order valence-electron chi connectivity index (χ4n) is 0.984. The van der Waals surface area contributed by atoms with Gasteiger partial charge in [0.1, 0.15) is 0 Å². The third-order valence-corrected chi connectivity index (χ3v) is 1.84. The Balaban J connectivity index is 3.02. The number of nitrogens with zero attached hydrogens (tertiary/aromatic N) is 1. The van der Waals surface area contributed by atoms with E-state index in [0.717, 1.165) is 11.0 Å². The molecule has 64 valence electrons. The summed E-state index contributed by atoms with van der Waals surface area (Å²) < 4.78 is 0. The molecular weight excluding hydrogens is 149 g/mol. The molecule has 0 aliphatic carbocycles. The molecule has 12 heavy (non-hydrogen) atoms. The third kappa shape index (κ3) is 2.08. The van der Waals surface area contributed by atoms with Crippen molar-refractivity contribution in [1.29, 1.82) is 0 Å². The van der Waals surface area contributed by atoms with E-state index in [1.165, 1.54) is 0 Å². The lowest BCUT2D eigenvalue weighted by Crippen LogP contribution is -2.19. The zero-order chi connectivity index (χ0) is 9.19. The maximum absolute atomic E-state index is 8.89. The molecule has 0 unspecified atom stereocenters. The average Bonchev–Trinajstić information content (AvgIpc) is 2.03. The first-order chi connectivity index (χ1) is 5.54. The van der Waals surface area contributed by atoms with E-state index in [9.17, 15) is 0 Å². The Kier molecular flexibility index (Phi) is 2.53. The van der Waals surface area contributed by atoms with E-state index in [1.54, 1.807) is 6.20 Å². The predicted octanol–water partition coefficient (Wildman–Crippen LogP) is 0.348. The summed E-state index contributed by atoms with van der Waals surface area (Å²) in [5.41, 5.74) is 2.15. The summed E-state index contributed by atoms with van der Waals surface area (Å²) in [5.74, 6) is 0. The quantitative estimate of drug-likeness (QED) is 0.606. The molecule has 3 heteroatoms. The largest absolute Gasteiger partial charge is 0.449 e. The average molecular weight is 163 g/mol. The number of hydrogen-bond donors (Lipinski definition) is 1.